The number of carbonyl (C=O) groups excluding carboxylic acids is 1. The Balaban J connectivity index is 2.14. The van der Waals surface area contributed by atoms with Gasteiger partial charge in [0.05, 0.1) is 19.2 Å². The van der Waals surface area contributed by atoms with E-state index in [4.69, 9.17) is 9.26 Å². The smallest absolute Gasteiger partial charge is 0.252 e. The Hall–Kier alpha value is -2.48. The Bertz CT molecular complexity index is 728. The van der Waals surface area contributed by atoms with Gasteiger partial charge >= 0.3 is 0 Å². The van der Waals surface area contributed by atoms with Crippen molar-refractivity contribution in [1.29, 1.82) is 0 Å². The molecule has 1 heterocycles. The third kappa shape index (κ3) is 4.08. The molecule has 7 nitrogen and oxygen atoms in total. The van der Waals surface area contributed by atoms with Crippen LogP contribution in [0.4, 0.5) is 4.39 Å². The van der Waals surface area contributed by atoms with Gasteiger partial charge in [-0.1, -0.05) is 5.16 Å². The fraction of sp³-hybridized carbons (Fsp3) is 0.438. The fourth-order valence-corrected chi connectivity index (χ4v) is 2.06. The van der Waals surface area contributed by atoms with E-state index in [0.29, 0.717) is 18.3 Å². The van der Waals surface area contributed by atoms with E-state index in [1.165, 1.54) is 19.2 Å². The van der Waals surface area contributed by atoms with Crippen molar-refractivity contribution in [3.05, 3.63) is 41.3 Å². The van der Waals surface area contributed by atoms with E-state index in [1.54, 1.807) is 13.8 Å². The Morgan fingerprint density at radius 1 is 1.42 bits per heavy atom. The molecule has 0 aliphatic carbocycles. The van der Waals surface area contributed by atoms with Crippen molar-refractivity contribution in [2.45, 2.75) is 25.9 Å². The summed E-state index contributed by atoms with van der Waals surface area (Å²) in [5.74, 6) is -0.164. The van der Waals surface area contributed by atoms with E-state index in [0.717, 1.165) is 6.07 Å². The summed E-state index contributed by atoms with van der Waals surface area (Å²) in [6, 6.07) is 4.01. The first-order valence-electron chi connectivity index (χ1n) is 7.37. The van der Waals surface area contributed by atoms with Gasteiger partial charge in [-0.25, -0.2) is 4.39 Å². The highest BCUT2D eigenvalue weighted by Gasteiger charge is 2.29. The van der Waals surface area contributed by atoms with Gasteiger partial charge in [-0.3, -0.25) is 4.79 Å². The summed E-state index contributed by atoms with van der Waals surface area (Å²) in [5.41, 5.74) is -0.694. The monoisotopic (exact) mass is 336 g/mol. The van der Waals surface area contributed by atoms with Crippen molar-refractivity contribution >= 4 is 5.91 Å². The molecule has 8 heteroatoms. The third-order valence-electron chi connectivity index (χ3n) is 3.32. The highest BCUT2D eigenvalue weighted by molar-refractivity contribution is 5.94. The van der Waals surface area contributed by atoms with Crippen LogP contribution in [-0.4, -0.2) is 42.2 Å². The first kappa shape index (κ1) is 17.9. The molecule has 24 heavy (non-hydrogen) atoms. The second-order valence-corrected chi connectivity index (χ2v) is 6.18. The largest absolute Gasteiger partial charge is 0.494 e. The van der Waals surface area contributed by atoms with Gasteiger partial charge in [0.25, 0.3) is 5.91 Å². The average molecular weight is 336 g/mol. The molecule has 0 aliphatic rings. The van der Waals surface area contributed by atoms with Gasteiger partial charge in [-0.05, 0) is 46.1 Å². The minimum absolute atomic E-state index is 0.0808. The lowest BCUT2D eigenvalue weighted by Crippen LogP contribution is -2.42. The molecule has 0 spiro atoms. The van der Waals surface area contributed by atoms with Gasteiger partial charge in [-0.15, -0.1) is 0 Å². The maximum Gasteiger partial charge on any atom is 0.252 e. The predicted octanol–water partition coefficient (Wildman–Crippen LogP) is 1.94. The lowest BCUT2D eigenvalue weighted by atomic mass is 10.0. The van der Waals surface area contributed by atoms with Crippen LogP contribution < -0.4 is 10.1 Å². The van der Waals surface area contributed by atoms with Crippen molar-refractivity contribution in [2.24, 2.45) is 0 Å². The number of carbonyl (C=O) groups is 1. The Labute approximate surface area is 139 Å². The molecule has 1 aromatic carbocycles. The number of amides is 1. The summed E-state index contributed by atoms with van der Waals surface area (Å²) in [5, 5.41) is 6.69. The standard InChI is InChI=1S/C16H21FN4O3/c1-16(2,15-18-13(24-20-15)9-21(3)4)19-14(22)10-6-7-12(23-5)11(17)8-10/h6-8H,9H2,1-5H3,(H,19,22). The van der Waals surface area contributed by atoms with E-state index in [-0.39, 0.29) is 11.3 Å². The molecule has 2 aromatic rings. The molecule has 1 N–H and O–H groups in total. The third-order valence-corrected chi connectivity index (χ3v) is 3.32. The van der Waals surface area contributed by atoms with Crippen LogP contribution in [0.5, 0.6) is 5.75 Å². The van der Waals surface area contributed by atoms with Gasteiger partial charge in [-0.2, -0.15) is 4.98 Å². The number of aromatic nitrogens is 2. The molecule has 1 amide bonds. The van der Waals surface area contributed by atoms with Crippen molar-refractivity contribution in [3.8, 4) is 5.75 Å². The highest BCUT2D eigenvalue weighted by atomic mass is 19.1. The van der Waals surface area contributed by atoms with Gasteiger partial charge in [0.15, 0.2) is 17.4 Å². The molecule has 2 rings (SSSR count). The minimum atomic E-state index is -0.873. The highest BCUT2D eigenvalue weighted by Crippen LogP contribution is 2.21. The van der Waals surface area contributed by atoms with E-state index in [9.17, 15) is 9.18 Å². The van der Waals surface area contributed by atoms with Crippen LogP contribution in [-0.2, 0) is 12.1 Å². The van der Waals surface area contributed by atoms with E-state index < -0.39 is 17.3 Å². The van der Waals surface area contributed by atoms with Crippen molar-refractivity contribution in [2.75, 3.05) is 21.2 Å². The molecule has 0 atom stereocenters. The SMILES string of the molecule is COc1ccc(C(=O)NC(C)(C)c2noc(CN(C)C)n2)cc1F. The van der Waals surface area contributed by atoms with Crippen LogP contribution in [0.1, 0.15) is 35.9 Å². The number of nitrogens with one attached hydrogen (secondary N) is 1. The van der Waals surface area contributed by atoms with Crippen LogP contribution in [0.3, 0.4) is 0 Å². The van der Waals surface area contributed by atoms with Crippen molar-refractivity contribution in [1.82, 2.24) is 20.4 Å². The van der Waals surface area contributed by atoms with E-state index >= 15 is 0 Å². The van der Waals surface area contributed by atoms with E-state index in [1.807, 2.05) is 19.0 Å². The van der Waals surface area contributed by atoms with Crippen LogP contribution in [0.15, 0.2) is 22.7 Å². The molecule has 0 saturated carbocycles. The van der Waals surface area contributed by atoms with Crippen LogP contribution in [0, 0.1) is 5.82 Å². The zero-order valence-corrected chi connectivity index (χ0v) is 14.4. The summed E-state index contributed by atoms with van der Waals surface area (Å²) < 4.78 is 23.8. The van der Waals surface area contributed by atoms with Crippen LogP contribution in [0.25, 0.3) is 0 Å². The summed E-state index contributed by atoms with van der Waals surface area (Å²) in [4.78, 5) is 18.5. The number of ether oxygens (including phenoxy) is 1. The Morgan fingerprint density at radius 2 is 2.12 bits per heavy atom. The number of nitrogens with zero attached hydrogens (tertiary/aromatic N) is 3. The molecule has 0 bridgehead atoms. The number of rotatable bonds is 6. The lowest BCUT2D eigenvalue weighted by molar-refractivity contribution is 0.0907. The van der Waals surface area contributed by atoms with Crippen LogP contribution >= 0.6 is 0 Å². The van der Waals surface area contributed by atoms with Crippen LogP contribution in [0.2, 0.25) is 0 Å². The number of benzene rings is 1. The van der Waals surface area contributed by atoms with Gasteiger partial charge in [0, 0.05) is 5.56 Å². The molecule has 0 saturated heterocycles. The Morgan fingerprint density at radius 3 is 2.71 bits per heavy atom. The summed E-state index contributed by atoms with van der Waals surface area (Å²) in [6.45, 7) is 3.99. The molecule has 130 valence electrons. The fourth-order valence-electron chi connectivity index (χ4n) is 2.06. The van der Waals surface area contributed by atoms with Gasteiger partial charge in [0.1, 0.15) is 0 Å². The lowest BCUT2D eigenvalue weighted by Gasteiger charge is -2.22. The zero-order valence-electron chi connectivity index (χ0n) is 14.4. The first-order chi connectivity index (χ1) is 11.2. The second kappa shape index (κ2) is 6.96. The topological polar surface area (TPSA) is 80.5 Å². The van der Waals surface area contributed by atoms with Crippen molar-refractivity contribution < 1.29 is 18.4 Å². The number of hydrogen-bond acceptors (Lipinski definition) is 6. The average Bonchev–Trinajstić information content (AvgIpc) is 2.95. The maximum absolute atomic E-state index is 13.7. The molecule has 0 aliphatic heterocycles. The second-order valence-electron chi connectivity index (χ2n) is 6.18. The maximum atomic E-state index is 13.7. The summed E-state index contributed by atoms with van der Waals surface area (Å²) in [7, 11) is 5.13. The molecular formula is C16H21FN4O3. The van der Waals surface area contributed by atoms with E-state index in [2.05, 4.69) is 15.5 Å². The molecular weight excluding hydrogens is 315 g/mol. The quantitative estimate of drug-likeness (QED) is 0.868. The van der Waals surface area contributed by atoms with Crippen molar-refractivity contribution in [3.63, 3.8) is 0 Å². The molecule has 1 aromatic heterocycles. The zero-order chi connectivity index (χ0) is 17.9. The summed E-state index contributed by atoms with van der Waals surface area (Å²) in [6.07, 6.45) is 0. The van der Waals surface area contributed by atoms with Gasteiger partial charge < -0.3 is 19.5 Å². The predicted molar refractivity (Wildman–Crippen MR) is 85.1 cm³/mol. The molecule has 0 unspecified atom stereocenters. The normalized spacial score (nSPS) is 11.6. The molecule has 0 radical (unpaired) electrons. The Kier molecular flexibility index (Phi) is 5.18. The van der Waals surface area contributed by atoms with Gasteiger partial charge in [0.2, 0.25) is 5.89 Å². The summed E-state index contributed by atoms with van der Waals surface area (Å²) >= 11 is 0. The first-order valence-corrected chi connectivity index (χ1v) is 7.37. The number of halogens is 1. The number of hydrogen-bond donors (Lipinski definition) is 1. The minimum Gasteiger partial charge on any atom is -0.494 e. The number of methoxy groups -OCH3 is 1. The molecule has 0 fully saturated rings.